The van der Waals surface area contributed by atoms with Crippen LogP contribution in [0.1, 0.15) is 22.5 Å². The molecule has 1 aromatic rings. The molecule has 2 rings (SSSR count). The Morgan fingerprint density at radius 3 is 2.94 bits per heavy atom. The van der Waals surface area contributed by atoms with E-state index < -0.39 is 0 Å². The van der Waals surface area contributed by atoms with Crippen LogP contribution in [0.5, 0.6) is 0 Å². The Balaban J connectivity index is 2.37. The fourth-order valence-electron chi connectivity index (χ4n) is 2.16. The maximum Gasteiger partial charge on any atom is 0.239 e. The summed E-state index contributed by atoms with van der Waals surface area (Å²) in [6.07, 6.45) is 1.68. The molecule has 2 heterocycles. The van der Waals surface area contributed by atoms with E-state index in [4.69, 9.17) is 0 Å². The molecule has 0 radical (unpaired) electrons. The van der Waals surface area contributed by atoms with Crippen LogP contribution in [0.2, 0.25) is 0 Å². The second kappa shape index (κ2) is 4.57. The topological polar surface area (TPSA) is 67.2 Å². The maximum atomic E-state index is 11.5. The van der Waals surface area contributed by atoms with Crippen LogP contribution in [0.4, 0.5) is 5.82 Å². The van der Waals surface area contributed by atoms with Gasteiger partial charge >= 0.3 is 0 Å². The molecule has 1 N–H and O–H groups in total. The molecule has 1 aromatic heterocycles. The molecule has 92 valence electrons. The van der Waals surface area contributed by atoms with E-state index in [-0.39, 0.29) is 12.5 Å². The minimum atomic E-state index is -0.0156. The minimum absolute atomic E-state index is 0.0156. The third-order valence-electron chi connectivity index (χ3n) is 2.92. The summed E-state index contributed by atoms with van der Waals surface area (Å²) >= 11 is 0. The molecule has 6 heteroatoms. The number of aryl methyl sites for hydroxylation is 2. The zero-order valence-electron chi connectivity index (χ0n) is 10.1. The van der Waals surface area contributed by atoms with Crippen molar-refractivity contribution >= 4 is 18.0 Å². The van der Waals surface area contributed by atoms with Gasteiger partial charge in [-0.05, 0) is 13.3 Å². The van der Waals surface area contributed by atoms with Crippen molar-refractivity contribution in [2.45, 2.75) is 13.3 Å². The summed E-state index contributed by atoms with van der Waals surface area (Å²) in [5, 5.41) is 7.03. The standard InChI is InChI=1S/C11H16N4O2/c1-8-9(7-16)11(14(2)13-8)15-5-3-4-12-10(17)6-15/h7H,3-6H2,1-2H3,(H,12,17). The van der Waals surface area contributed by atoms with Crippen molar-refractivity contribution in [3.8, 4) is 0 Å². The first-order valence-electron chi connectivity index (χ1n) is 5.64. The van der Waals surface area contributed by atoms with Gasteiger partial charge in [0.05, 0.1) is 17.8 Å². The van der Waals surface area contributed by atoms with Gasteiger partial charge in [-0.2, -0.15) is 5.10 Å². The Morgan fingerprint density at radius 1 is 1.47 bits per heavy atom. The van der Waals surface area contributed by atoms with E-state index in [1.54, 1.807) is 18.7 Å². The monoisotopic (exact) mass is 236 g/mol. The number of carbonyl (C=O) groups is 2. The average molecular weight is 236 g/mol. The Hall–Kier alpha value is -1.85. The summed E-state index contributed by atoms with van der Waals surface area (Å²) in [4.78, 5) is 24.5. The summed E-state index contributed by atoms with van der Waals surface area (Å²) in [5.74, 6) is 0.716. The number of rotatable bonds is 2. The summed E-state index contributed by atoms with van der Waals surface area (Å²) in [5.41, 5.74) is 1.27. The number of anilines is 1. The van der Waals surface area contributed by atoms with Crippen LogP contribution in [0.15, 0.2) is 0 Å². The van der Waals surface area contributed by atoms with Gasteiger partial charge in [-0.15, -0.1) is 0 Å². The molecule has 0 atom stereocenters. The van der Waals surface area contributed by atoms with Gasteiger partial charge in [-0.3, -0.25) is 14.3 Å². The third-order valence-corrected chi connectivity index (χ3v) is 2.92. The highest BCUT2D eigenvalue weighted by Gasteiger charge is 2.22. The van der Waals surface area contributed by atoms with E-state index in [2.05, 4.69) is 10.4 Å². The van der Waals surface area contributed by atoms with Crippen molar-refractivity contribution in [2.24, 2.45) is 7.05 Å². The van der Waals surface area contributed by atoms with E-state index in [0.29, 0.717) is 17.8 Å². The summed E-state index contributed by atoms with van der Waals surface area (Å²) in [6.45, 7) is 3.51. The largest absolute Gasteiger partial charge is 0.354 e. The van der Waals surface area contributed by atoms with Crippen LogP contribution in [0.3, 0.4) is 0 Å². The highest BCUT2D eigenvalue weighted by Crippen LogP contribution is 2.21. The predicted molar refractivity (Wildman–Crippen MR) is 63.2 cm³/mol. The number of nitrogens with one attached hydrogen (secondary N) is 1. The quantitative estimate of drug-likeness (QED) is 0.726. The van der Waals surface area contributed by atoms with Crippen LogP contribution >= 0.6 is 0 Å². The van der Waals surface area contributed by atoms with Gasteiger partial charge in [0.25, 0.3) is 0 Å². The van der Waals surface area contributed by atoms with E-state index in [1.807, 2.05) is 4.90 Å². The molecule has 0 aromatic carbocycles. The van der Waals surface area contributed by atoms with Crippen molar-refractivity contribution in [1.29, 1.82) is 0 Å². The number of hydrogen-bond donors (Lipinski definition) is 1. The molecule has 1 aliphatic heterocycles. The Bertz CT molecular complexity index is 453. The molecule has 1 amide bonds. The maximum absolute atomic E-state index is 11.5. The van der Waals surface area contributed by atoms with Gasteiger partial charge in [-0.1, -0.05) is 0 Å². The van der Waals surface area contributed by atoms with Crippen LogP contribution < -0.4 is 10.2 Å². The first kappa shape index (κ1) is 11.6. The van der Waals surface area contributed by atoms with Crippen LogP contribution in [0.25, 0.3) is 0 Å². The molecule has 6 nitrogen and oxygen atoms in total. The lowest BCUT2D eigenvalue weighted by molar-refractivity contribution is -0.119. The van der Waals surface area contributed by atoms with E-state index >= 15 is 0 Å². The molecule has 0 unspecified atom stereocenters. The van der Waals surface area contributed by atoms with Crippen LogP contribution in [0, 0.1) is 6.92 Å². The van der Waals surface area contributed by atoms with Gasteiger partial charge in [-0.25, -0.2) is 0 Å². The number of aromatic nitrogens is 2. The second-order valence-corrected chi connectivity index (χ2v) is 4.19. The molecule has 0 spiro atoms. The lowest BCUT2D eigenvalue weighted by atomic mass is 10.2. The van der Waals surface area contributed by atoms with E-state index in [9.17, 15) is 9.59 Å². The summed E-state index contributed by atoms with van der Waals surface area (Å²) in [6, 6.07) is 0. The number of carbonyl (C=O) groups excluding carboxylic acids is 2. The number of amides is 1. The Labute approximate surface area is 99.6 Å². The second-order valence-electron chi connectivity index (χ2n) is 4.19. The third kappa shape index (κ3) is 2.15. The van der Waals surface area contributed by atoms with Gasteiger partial charge in [0, 0.05) is 20.1 Å². The molecule has 0 aliphatic carbocycles. The smallest absolute Gasteiger partial charge is 0.239 e. The van der Waals surface area contributed by atoms with Gasteiger partial charge in [0.2, 0.25) is 5.91 Å². The molecular formula is C11H16N4O2. The lowest BCUT2D eigenvalue weighted by Crippen LogP contribution is -2.34. The fraction of sp³-hybridized carbons (Fsp3) is 0.545. The average Bonchev–Trinajstić information content (AvgIpc) is 2.46. The van der Waals surface area contributed by atoms with Gasteiger partial charge in [0.15, 0.2) is 6.29 Å². The molecule has 1 saturated heterocycles. The van der Waals surface area contributed by atoms with E-state index in [0.717, 1.165) is 25.1 Å². The van der Waals surface area contributed by atoms with Crippen molar-refractivity contribution in [2.75, 3.05) is 24.5 Å². The van der Waals surface area contributed by atoms with Crippen molar-refractivity contribution in [3.05, 3.63) is 11.3 Å². The molecule has 0 saturated carbocycles. The van der Waals surface area contributed by atoms with Gasteiger partial charge < -0.3 is 10.2 Å². The highest BCUT2D eigenvalue weighted by molar-refractivity contribution is 5.87. The number of nitrogens with zero attached hydrogens (tertiary/aromatic N) is 3. The highest BCUT2D eigenvalue weighted by atomic mass is 16.2. The van der Waals surface area contributed by atoms with Crippen LogP contribution in [-0.2, 0) is 11.8 Å². The zero-order valence-corrected chi connectivity index (χ0v) is 10.1. The normalized spacial score (nSPS) is 16.6. The first-order valence-corrected chi connectivity index (χ1v) is 5.64. The van der Waals surface area contributed by atoms with Crippen molar-refractivity contribution in [3.63, 3.8) is 0 Å². The lowest BCUT2D eigenvalue weighted by Gasteiger charge is -2.21. The fourth-order valence-corrected chi connectivity index (χ4v) is 2.16. The SMILES string of the molecule is Cc1nn(C)c(N2CCCNC(=O)C2)c1C=O. The first-order chi connectivity index (χ1) is 8.13. The number of hydrogen-bond acceptors (Lipinski definition) is 4. The van der Waals surface area contributed by atoms with Gasteiger partial charge in [0.1, 0.15) is 5.82 Å². The Kier molecular flexibility index (Phi) is 3.12. The molecular weight excluding hydrogens is 220 g/mol. The minimum Gasteiger partial charge on any atom is -0.354 e. The molecule has 0 bridgehead atoms. The predicted octanol–water partition coefficient (Wildman–Crippen LogP) is -0.133. The van der Waals surface area contributed by atoms with Crippen LogP contribution in [-0.4, -0.2) is 41.6 Å². The van der Waals surface area contributed by atoms with Crippen molar-refractivity contribution in [1.82, 2.24) is 15.1 Å². The number of aldehydes is 1. The molecule has 17 heavy (non-hydrogen) atoms. The zero-order chi connectivity index (χ0) is 12.4. The van der Waals surface area contributed by atoms with Crippen molar-refractivity contribution < 1.29 is 9.59 Å². The molecule has 1 aliphatic rings. The summed E-state index contributed by atoms with van der Waals surface area (Å²) < 4.78 is 1.66. The van der Waals surface area contributed by atoms with E-state index in [1.165, 1.54) is 0 Å². The molecule has 1 fully saturated rings. The Morgan fingerprint density at radius 2 is 2.24 bits per heavy atom. The summed E-state index contributed by atoms with van der Waals surface area (Å²) in [7, 11) is 1.79.